The highest BCUT2D eigenvalue weighted by Gasteiger charge is 2.12. The van der Waals surface area contributed by atoms with Crippen molar-refractivity contribution in [1.29, 1.82) is 0 Å². The highest BCUT2D eigenvalue weighted by Crippen LogP contribution is 2.15. The van der Waals surface area contributed by atoms with E-state index in [0.717, 1.165) is 0 Å². The van der Waals surface area contributed by atoms with Crippen molar-refractivity contribution in [2.24, 2.45) is 0 Å². The molecule has 0 atom stereocenters. The first-order chi connectivity index (χ1) is 14.9. The summed E-state index contributed by atoms with van der Waals surface area (Å²) >= 11 is 1.35. The molecule has 0 aliphatic heterocycles. The number of hydrogen-bond acceptors (Lipinski definition) is 7. The van der Waals surface area contributed by atoms with E-state index in [1.165, 1.54) is 36.0 Å². The number of thioether (sulfide) groups is 1. The zero-order valence-electron chi connectivity index (χ0n) is 16.4. The maximum Gasteiger partial charge on any atom is 0.273 e. The summed E-state index contributed by atoms with van der Waals surface area (Å²) < 4.78 is 0. The zero-order valence-corrected chi connectivity index (χ0v) is 17.2. The first-order valence-electron chi connectivity index (χ1n) is 9.20. The number of carbonyl (C=O) groups excluding carboxylic acids is 4. The van der Waals surface area contributed by atoms with E-state index in [4.69, 9.17) is 0 Å². The molecule has 0 heterocycles. The second-order valence-electron chi connectivity index (χ2n) is 6.15. The fraction of sp³-hybridized carbons (Fsp3) is 0.200. The molecule has 0 fully saturated rings. The maximum absolute atomic E-state index is 11.9. The number of phenolic OH excluding ortho intramolecular Hbond substituents is 2. The number of para-hydroxylation sites is 2. The number of hydrazine groups is 2. The normalized spacial score (nSPS) is 10.1. The number of aromatic hydroxyl groups is 2. The van der Waals surface area contributed by atoms with Gasteiger partial charge in [-0.1, -0.05) is 24.3 Å². The molecule has 0 aromatic heterocycles. The van der Waals surface area contributed by atoms with E-state index in [-0.39, 0.29) is 35.5 Å². The molecule has 164 valence electrons. The summed E-state index contributed by atoms with van der Waals surface area (Å²) in [7, 11) is 0. The Bertz CT molecular complexity index is 877. The van der Waals surface area contributed by atoms with Gasteiger partial charge < -0.3 is 10.2 Å². The molecule has 11 heteroatoms. The summed E-state index contributed by atoms with van der Waals surface area (Å²) in [6.07, 6.45) is 0.217. The van der Waals surface area contributed by atoms with Crippen LogP contribution in [0.15, 0.2) is 48.5 Å². The van der Waals surface area contributed by atoms with Crippen LogP contribution in [0, 0.1) is 0 Å². The molecule has 0 spiro atoms. The third kappa shape index (κ3) is 7.90. The fourth-order valence-corrected chi connectivity index (χ4v) is 3.14. The van der Waals surface area contributed by atoms with Crippen LogP contribution in [0.1, 0.15) is 33.6 Å². The Kier molecular flexibility index (Phi) is 9.17. The van der Waals surface area contributed by atoms with Crippen LogP contribution < -0.4 is 21.7 Å². The van der Waals surface area contributed by atoms with Gasteiger partial charge in [0.1, 0.15) is 11.5 Å². The van der Waals surface area contributed by atoms with Crippen molar-refractivity contribution < 1.29 is 29.4 Å². The Labute approximate surface area is 182 Å². The lowest BCUT2D eigenvalue weighted by atomic mass is 10.2. The third-order valence-electron chi connectivity index (χ3n) is 3.88. The van der Waals surface area contributed by atoms with E-state index in [1.54, 1.807) is 24.3 Å². The average molecular weight is 446 g/mol. The van der Waals surface area contributed by atoms with Crippen molar-refractivity contribution in [1.82, 2.24) is 21.7 Å². The summed E-state index contributed by atoms with van der Waals surface area (Å²) in [6, 6.07) is 11.9. The molecule has 10 nitrogen and oxygen atoms in total. The molecule has 0 bridgehead atoms. The summed E-state index contributed by atoms with van der Waals surface area (Å²) in [6.45, 7) is 0. The van der Waals surface area contributed by atoms with Crippen LogP contribution in [0.2, 0.25) is 0 Å². The molecule has 0 aliphatic rings. The minimum Gasteiger partial charge on any atom is -0.507 e. The molecule has 31 heavy (non-hydrogen) atoms. The lowest BCUT2D eigenvalue weighted by molar-refractivity contribution is -0.122. The molecule has 0 unspecified atom stereocenters. The Morgan fingerprint density at radius 3 is 1.42 bits per heavy atom. The van der Waals surface area contributed by atoms with Gasteiger partial charge in [0.05, 0.1) is 11.1 Å². The SMILES string of the molecule is O=C(CCSCCC(=O)NNC(=O)c1ccccc1O)NNC(=O)c1ccccc1O. The number of phenols is 2. The molecule has 0 aliphatic carbocycles. The van der Waals surface area contributed by atoms with Gasteiger partial charge in [0.15, 0.2) is 0 Å². The number of rotatable bonds is 8. The molecule has 2 aromatic carbocycles. The molecular weight excluding hydrogens is 424 g/mol. The van der Waals surface area contributed by atoms with E-state index in [9.17, 15) is 29.4 Å². The van der Waals surface area contributed by atoms with Gasteiger partial charge >= 0.3 is 0 Å². The van der Waals surface area contributed by atoms with Gasteiger partial charge in [0.25, 0.3) is 11.8 Å². The van der Waals surface area contributed by atoms with Crippen LogP contribution in [0.3, 0.4) is 0 Å². The van der Waals surface area contributed by atoms with Crippen molar-refractivity contribution >= 4 is 35.4 Å². The van der Waals surface area contributed by atoms with E-state index in [0.29, 0.717) is 11.5 Å². The minimum absolute atomic E-state index is 0.0396. The van der Waals surface area contributed by atoms with Gasteiger partial charge in [0, 0.05) is 24.3 Å². The highest BCUT2D eigenvalue weighted by atomic mass is 32.2. The van der Waals surface area contributed by atoms with Gasteiger partial charge in [-0.3, -0.25) is 40.9 Å². The Morgan fingerprint density at radius 1 is 0.645 bits per heavy atom. The quantitative estimate of drug-likeness (QED) is 0.259. The van der Waals surface area contributed by atoms with Gasteiger partial charge in [-0.25, -0.2) is 0 Å². The topological polar surface area (TPSA) is 157 Å². The van der Waals surface area contributed by atoms with E-state index in [1.807, 2.05) is 0 Å². The van der Waals surface area contributed by atoms with Crippen LogP contribution in [0.25, 0.3) is 0 Å². The molecule has 2 aromatic rings. The molecular formula is C20H22N4O6S. The molecule has 6 N–H and O–H groups in total. The lowest BCUT2D eigenvalue weighted by Gasteiger charge is -2.09. The maximum atomic E-state index is 11.9. The Hall–Kier alpha value is -3.73. The van der Waals surface area contributed by atoms with Gasteiger partial charge in [0.2, 0.25) is 11.8 Å². The second-order valence-corrected chi connectivity index (χ2v) is 7.38. The first-order valence-corrected chi connectivity index (χ1v) is 10.4. The number of benzene rings is 2. The largest absolute Gasteiger partial charge is 0.507 e. The van der Waals surface area contributed by atoms with Crippen molar-refractivity contribution in [2.45, 2.75) is 12.8 Å². The lowest BCUT2D eigenvalue weighted by Crippen LogP contribution is -2.42. The van der Waals surface area contributed by atoms with Crippen LogP contribution in [-0.2, 0) is 9.59 Å². The number of nitrogens with one attached hydrogen (secondary N) is 4. The average Bonchev–Trinajstić information content (AvgIpc) is 2.76. The minimum atomic E-state index is -0.637. The zero-order chi connectivity index (χ0) is 22.6. The fourth-order valence-electron chi connectivity index (χ4n) is 2.28. The van der Waals surface area contributed by atoms with Crippen LogP contribution >= 0.6 is 11.8 Å². The predicted octanol–water partition coefficient (Wildman–Crippen LogP) is 0.833. The summed E-state index contributed by atoms with van der Waals surface area (Å²) in [4.78, 5) is 47.2. The summed E-state index contributed by atoms with van der Waals surface area (Å²) in [5.41, 5.74) is 9.01. The summed E-state index contributed by atoms with van der Waals surface area (Å²) in [5, 5.41) is 19.2. The van der Waals surface area contributed by atoms with Gasteiger partial charge in [-0.15, -0.1) is 0 Å². The molecule has 4 amide bonds. The standard InChI is InChI=1S/C20H22N4O6S/c25-15-7-3-1-5-13(15)19(29)23-21-17(27)9-11-31-12-10-18(28)22-24-20(30)14-6-2-4-8-16(14)26/h1-8,25-26H,9-12H2,(H,21,27)(H,22,28)(H,23,29)(H,24,30). The number of amides is 4. The highest BCUT2D eigenvalue weighted by molar-refractivity contribution is 7.99. The monoisotopic (exact) mass is 446 g/mol. The Morgan fingerprint density at radius 2 is 1.03 bits per heavy atom. The van der Waals surface area contributed by atoms with Crippen molar-refractivity contribution in [3.8, 4) is 11.5 Å². The van der Waals surface area contributed by atoms with E-state index >= 15 is 0 Å². The van der Waals surface area contributed by atoms with Crippen molar-refractivity contribution in [3.63, 3.8) is 0 Å². The second kappa shape index (κ2) is 12.1. The van der Waals surface area contributed by atoms with E-state index in [2.05, 4.69) is 21.7 Å². The molecule has 0 radical (unpaired) electrons. The first kappa shape index (κ1) is 23.5. The van der Waals surface area contributed by atoms with Crippen LogP contribution in [-0.4, -0.2) is 45.3 Å². The predicted molar refractivity (Wildman–Crippen MR) is 114 cm³/mol. The summed E-state index contributed by atoms with van der Waals surface area (Å²) in [5.74, 6) is -1.68. The van der Waals surface area contributed by atoms with Crippen LogP contribution in [0.5, 0.6) is 11.5 Å². The molecule has 0 saturated carbocycles. The van der Waals surface area contributed by atoms with Gasteiger partial charge in [-0.2, -0.15) is 11.8 Å². The van der Waals surface area contributed by atoms with Gasteiger partial charge in [-0.05, 0) is 24.3 Å². The van der Waals surface area contributed by atoms with Crippen LogP contribution in [0.4, 0.5) is 0 Å². The van der Waals surface area contributed by atoms with Crippen molar-refractivity contribution in [3.05, 3.63) is 59.7 Å². The van der Waals surface area contributed by atoms with E-state index < -0.39 is 23.6 Å². The number of carbonyl (C=O) groups is 4. The van der Waals surface area contributed by atoms with Crippen molar-refractivity contribution in [2.75, 3.05) is 11.5 Å². The Balaban J connectivity index is 1.56. The molecule has 0 saturated heterocycles. The third-order valence-corrected chi connectivity index (χ3v) is 4.86. The number of hydrogen-bond donors (Lipinski definition) is 6. The smallest absolute Gasteiger partial charge is 0.273 e. The molecule has 2 rings (SSSR count).